The van der Waals surface area contributed by atoms with E-state index in [0.717, 1.165) is 6.92 Å². The van der Waals surface area contributed by atoms with Crippen LogP contribution in [0.4, 0.5) is 4.79 Å². The van der Waals surface area contributed by atoms with E-state index in [1.165, 1.54) is 4.90 Å². The first-order valence-electron chi connectivity index (χ1n) is 5.85. The summed E-state index contributed by atoms with van der Waals surface area (Å²) >= 11 is 0. The highest BCUT2D eigenvalue weighted by molar-refractivity contribution is 5.79. The van der Waals surface area contributed by atoms with Gasteiger partial charge in [0.2, 0.25) is 0 Å². The molecule has 0 saturated carbocycles. The van der Waals surface area contributed by atoms with Gasteiger partial charge < -0.3 is 25.5 Å². The molecule has 2 amide bonds. The van der Waals surface area contributed by atoms with Crippen LogP contribution in [0.5, 0.6) is 0 Å². The van der Waals surface area contributed by atoms with E-state index in [-0.39, 0.29) is 6.54 Å². The summed E-state index contributed by atoms with van der Waals surface area (Å²) in [6.07, 6.45) is 0.964. The number of piperidine rings is 1. The van der Waals surface area contributed by atoms with E-state index in [2.05, 4.69) is 5.32 Å². The smallest absolute Gasteiger partial charge is 0.337 e. The highest BCUT2D eigenvalue weighted by Crippen LogP contribution is 2.20. The fraction of sp³-hybridized carbons (Fsp3) is 0.818. The predicted molar refractivity (Wildman–Crippen MR) is 63.1 cm³/mol. The maximum Gasteiger partial charge on any atom is 0.337 e. The first kappa shape index (κ1) is 14.7. The highest BCUT2D eigenvalue weighted by atomic mass is 16.4. The summed E-state index contributed by atoms with van der Waals surface area (Å²) in [6, 6.07) is -0.424. The summed E-state index contributed by atoms with van der Waals surface area (Å²) in [4.78, 5) is 23.9. The number of carbonyl (C=O) groups is 2. The third-order valence-corrected chi connectivity index (χ3v) is 3.17. The number of likely N-dealkylation sites (tertiary alicyclic amines) is 1. The average Bonchev–Trinajstić information content (AvgIpc) is 2.25. The number of aliphatic hydroxyl groups is 2. The molecule has 1 heterocycles. The van der Waals surface area contributed by atoms with Crippen molar-refractivity contribution in [3.63, 3.8) is 0 Å². The molecule has 0 bridgehead atoms. The molecule has 0 aromatic carbocycles. The minimum atomic E-state index is -1.98. The molecule has 1 saturated heterocycles. The molecule has 0 aromatic heterocycles. The van der Waals surface area contributed by atoms with Gasteiger partial charge in [-0.1, -0.05) is 0 Å². The van der Waals surface area contributed by atoms with Gasteiger partial charge in [0.25, 0.3) is 0 Å². The van der Waals surface area contributed by atoms with Crippen LogP contribution in [-0.2, 0) is 4.79 Å². The molecule has 1 fully saturated rings. The van der Waals surface area contributed by atoms with Crippen LogP contribution in [0.3, 0.4) is 0 Å². The first-order chi connectivity index (χ1) is 8.14. The van der Waals surface area contributed by atoms with E-state index in [1.807, 2.05) is 0 Å². The van der Waals surface area contributed by atoms with E-state index in [1.54, 1.807) is 6.92 Å². The van der Waals surface area contributed by atoms with Gasteiger partial charge in [-0.05, 0) is 26.7 Å². The van der Waals surface area contributed by atoms with Crippen molar-refractivity contribution in [3.05, 3.63) is 0 Å². The number of urea groups is 1. The molecule has 1 rings (SSSR count). The summed E-state index contributed by atoms with van der Waals surface area (Å²) < 4.78 is 0. The van der Waals surface area contributed by atoms with Crippen molar-refractivity contribution in [2.45, 2.75) is 37.9 Å². The van der Waals surface area contributed by atoms with Gasteiger partial charge in [0.1, 0.15) is 0 Å². The Labute approximate surface area is 105 Å². The standard InChI is InChI=1S/C11H20N2O5/c1-10(17)3-5-13(6-4-10)9(16)12-7-11(2,18)8(14)15/h17-18H,3-7H2,1-2H3,(H,12,16)(H,14,15). The zero-order valence-electron chi connectivity index (χ0n) is 10.6. The minimum Gasteiger partial charge on any atom is -0.479 e. The van der Waals surface area contributed by atoms with Gasteiger partial charge >= 0.3 is 12.0 Å². The molecule has 1 unspecified atom stereocenters. The second kappa shape index (κ2) is 5.11. The van der Waals surface area contributed by atoms with E-state index in [9.17, 15) is 19.8 Å². The Morgan fingerprint density at radius 3 is 2.33 bits per heavy atom. The molecule has 1 aliphatic rings. The molecular formula is C11H20N2O5. The molecule has 0 spiro atoms. The number of aliphatic carboxylic acids is 1. The van der Waals surface area contributed by atoms with Crippen LogP contribution in [0.1, 0.15) is 26.7 Å². The van der Waals surface area contributed by atoms with Crippen molar-refractivity contribution >= 4 is 12.0 Å². The number of nitrogens with zero attached hydrogens (tertiary/aromatic N) is 1. The van der Waals surface area contributed by atoms with Crippen LogP contribution in [0.25, 0.3) is 0 Å². The van der Waals surface area contributed by atoms with Crippen molar-refractivity contribution in [1.82, 2.24) is 10.2 Å². The van der Waals surface area contributed by atoms with Crippen molar-refractivity contribution < 1.29 is 24.9 Å². The van der Waals surface area contributed by atoms with Crippen molar-refractivity contribution in [2.75, 3.05) is 19.6 Å². The Kier molecular flexibility index (Phi) is 4.18. The Bertz CT molecular complexity index is 330. The van der Waals surface area contributed by atoms with Crippen LogP contribution < -0.4 is 5.32 Å². The molecular weight excluding hydrogens is 240 g/mol. The lowest BCUT2D eigenvalue weighted by molar-refractivity contribution is -0.155. The Morgan fingerprint density at radius 2 is 1.89 bits per heavy atom. The van der Waals surface area contributed by atoms with Crippen LogP contribution in [-0.4, -0.2) is 63.1 Å². The summed E-state index contributed by atoms with van der Waals surface area (Å²) in [5.74, 6) is -1.38. The Morgan fingerprint density at radius 1 is 1.39 bits per heavy atom. The SMILES string of the molecule is CC1(O)CCN(C(=O)NCC(C)(O)C(=O)O)CC1. The van der Waals surface area contributed by atoms with Gasteiger partial charge in [-0.25, -0.2) is 9.59 Å². The van der Waals surface area contributed by atoms with Gasteiger partial charge in [0, 0.05) is 13.1 Å². The predicted octanol–water partition coefficient (Wildman–Crippen LogP) is -0.622. The maximum absolute atomic E-state index is 11.7. The maximum atomic E-state index is 11.7. The number of carboxylic acid groups (broad SMARTS) is 1. The lowest BCUT2D eigenvalue weighted by Crippen LogP contribution is -2.53. The number of hydrogen-bond donors (Lipinski definition) is 4. The van der Waals surface area contributed by atoms with Crippen LogP contribution in [0.2, 0.25) is 0 Å². The number of hydrogen-bond acceptors (Lipinski definition) is 4. The fourth-order valence-electron chi connectivity index (χ4n) is 1.63. The van der Waals surface area contributed by atoms with Gasteiger partial charge in [0.05, 0.1) is 12.1 Å². The molecule has 0 radical (unpaired) electrons. The topological polar surface area (TPSA) is 110 Å². The zero-order chi connectivity index (χ0) is 14.0. The van der Waals surface area contributed by atoms with Crippen LogP contribution in [0.15, 0.2) is 0 Å². The van der Waals surface area contributed by atoms with Crippen molar-refractivity contribution in [2.24, 2.45) is 0 Å². The molecule has 1 aliphatic heterocycles. The van der Waals surface area contributed by atoms with Crippen LogP contribution >= 0.6 is 0 Å². The minimum absolute atomic E-state index is 0.353. The third-order valence-electron chi connectivity index (χ3n) is 3.17. The fourth-order valence-corrected chi connectivity index (χ4v) is 1.63. The van der Waals surface area contributed by atoms with E-state index < -0.39 is 23.2 Å². The lowest BCUT2D eigenvalue weighted by Gasteiger charge is -2.36. The number of amides is 2. The summed E-state index contributed by atoms with van der Waals surface area (Å²) in [6.45, 7) is 3.31. The van der Waals surface area contributed by atoms with Gasteiger partial charge in [-0.3, -0.25) is 0 Å². The first-order valence-corrected chi connectivity index (χ1v) is 5.85. The lowest BCUT2D eigenvalue weighted by atomic mass is 9.94. The average molecular weight is 260 g/mol. The molecule has 0 aliphatic carbocycles. The molecule has 0 aromatic rings. The van der Waals surface area contributed by atoms with Crippen LogP contribution in [0, 0.1) is 0 Å². The second-order valence-corrected chi connectivity index (χ2v) is 5.22. The number of carboxylic acids is 1. The monoisotopic (exact) mass is 260 g/mol. The molecule has 7 heteroatoms. The van der Waals surface area contributed by atoms with Gasteiger partial charge in [-0.2, -0.15) is 0 Å². The van der Waals surface area contributed by atoms with Gasteiger partial charge in [-0.15, -0.1) is 0 Å². The Balaban J connectivity index is 2.41. The third kappa shape index (κ3) is 3.85. The van der Waals surface area contributed by atoms with Crippen molar-refractivity contribution in [3.8, 4) is 0 Å². The summed E-state index contributed by atoms with van der Waals surface area (Å²) in [5, 5.41) is 30.2. The number of carbonyl (C=O) groups excluding carboxylic acids is 1. The molecule has 18 heavy (non-hydrogen) atoms. The van der Waals surface area contributed by atoms with E-state index >= 15 is 0 Å². The largest absolute Gasteiger partial charge is 0.479 e. The molecule has 104 valence electrons. The number of nitrogens with one attached hydrogen (secondary N) is 1. The van der Waals surface area contributed by atoms with Gasteiger partial charge in [0.15, 0.2) is 5.60 Å². The molecule has 4 N–H and O–H groups in total. The van der Waals surface area contributed by atoms with E-state index in [0.29, 0.717) is 25.9 Å². The summed E-state index contributed by atoms with van der Waals surface area (Å²) in [5.41, 5.74) is -2.72. The highest BCUT2D eigenvalue weighted by Gasteiger charge is 2.33. The number of rotatable bonds is 3. The summed E-state index contributed by atoms with van der Waals surface area (Å²) in [7, 11) is 0. The molecule has 7 nitrogen and oxygen atoms in total. The quantitative estimate of drug-likeness (QED) is 0.540. The van der Waals surface area contributed by atoms with Crippen molar-refractivity contribution in [1.29, 1.82) is 0 Å². The molecule has 1 atom stereocenters. The Hall–Kier alpha value is -1.34. The second-order valence-electron chi connectivity index (χ2n) is 5.22. The zero-order valence-corrected chi connectivity index (χ0v) is 10.6. The van der Waals surface area contributed by atoms with E-state index in [4.69, 9.17) is 5.11 Å². The normalized spacial score (nSPS) is 22.1.